The van der Waals surface area contributed by atoms with E-state index in [2.05, 4.69) is 15.9 Å². The number of sulfone groups is 1. The minimum Gasteiger partial charge on any atom is -0.229 e. The Hall–Kier alpha value is -0.0600. The largest absolute Gasteiger partial charge is 0.229 e. The maximum atomic E-state index is 12.0. The summed E-state index contributed by atoms with van der Waals surface area (Å²) in [4.78, 5) is -0.0102. The number of rotatable bonds is 3. The summed E-state index contributed by atoms with van der Waals surface area (Å²) in [6.45, 7) is 0. The van der Waals surface area contributed by atoms with Crippen molar-refractivity contribution in [1.82, 2.24) is 0 Å². The molecule has 1 heterocycles. The van der Waals surface area contributed by atoms with Crippen LogP contribution in [0, 0.1) is 0 Å². The van der Waals surface area contributed by atoms with Gasteiger partial charge in [0.1, 0.15) is 0 Å². The molecule has 0 N–H and O–H groups in total. The quantitative estimate of drug-likeness (QED) is 0.780. The first-order valence-electron chi connectivity index (χ1n) is 6.09. The normalized spacial score (nSPS) is 24.7. The van der Waals surface area contributed by atoms with E-state index in [-0.39, 0.29) is 10.1 Å². The standard InChI is InChI=1S/C13H16BrClO2S/c14-12(9-10-4-6-11(15)7-5-10)13-3-1-2-8-18(13,16)17/h4-7,12-13H,1-3,8-9H2. The van der Waals surface area contributed by atoms with E-state index in [4.69, 9.17) is 11.6 Å². The fourth-order valence-corrected chi connectivity index (χ4v) is 6.09. The lowest BCUT2D eigenvalue weighted by molar-refractivity contribution is 0.533. The van der Waals surface area contributed by atoms with Crippen LogP contribution >= 0.6 is 27.5 Å². The average molecular weight is 352 g/mol. The molecule has 1 saturated heterocycles. The number of hydrogen-bond donors (Lipinski definition) is 0. The molecule has 0 aromatic heterocycles. The zero-order valence-electron chi connectivity index (χ0n) is 9.98. The van der Waals surface area contributed by atoms with Gasteiger partial charge in [-0.1, -0.05) is 46.1 Å². The summed E-state index contributed by atoms with van der Waals surface area (Å²) < 4.78 is 24.0. The van der Waals surface area contributed by atoms with E-state index in [0.29, 0.717) is 10.8 Å². The van der Waals surface area contributed by atoms with E-state index in [0.717, 1.165) is 31.2 Å². The van der Waals surface area contributed by atoms with Gasteiger partial charge in [-0.15, -0.1) is 0 Å². The molecule has 1 aromatic carbocycles. The second kappa shape index (κ2) is 5.93. The molecule has 0 spiro atoms. The van der Waals surface area contributed by atoms with Gasteiger partial charge in [0.2, 0.25) is 0 Å². The van der Waals surface area contributed by atoms with Crippen molar-refractivity contribution in [3.63, 3.8) is 0 Å². The molecular formula is C13H16BrClO2S. The van der Waals surface area contributed by atoms with E-state index >= 15 is 0 Å². The fraction of sp³-hybridized carbons (Fsp3) is 0.538. The predicted octanol–water partition coefficient (Wildman–Crippen LogP) is 3.61. The number of hydrogen-bond acceptors (Lipinski definition) is 2. The SMILES string of the molecule is O=S1(=O)CCCCC1C(Br)Cc1ccc(Cl)cc1. The van der Waals surface area contributed by atoms with Gasteiger partial charge in [-0.05, 0) is 37.0 Å². The zero-order valence-corrected chi connectivity index (χ0v) is 13.1. The van der Waals surface area contributed by atoms with Crippen LogP contribution in [0.15, 0.2) is 24.3 Å². The van der Waals surface area contributed by atoms with Crippen LogP contribution in [0.1, 0.15) is 24.8 Å². The highest BCUT2D eigenvalue weighted by Crippen LogP contribution is 2.28. The monoisotopic (exact) mass is 350 g/mol. The van der Waals surface area contributed by atoms with Crippen LogP contribution in [0.5, 0.6) is 0 Å². The van der Waals surface area contributed by atoms with Crippen molar-refractivity contribution < 1.29 is 8.42 Å². The summed E-state index contributed by atoms with van der Waals surface area (Å²) in [5.74, 6) is 0.334. The van der Waals surface area contributed by atoms with Crippen LogP contribution in [-0.4, -0.2) is 24.2 Å². The molecule has 1 aliphatic heterocycles. The van der Waals surface area contributed by atoms with Gasteiger partial charge >= 0.3 is 0 Å². The van der Waals surface area contributed by atoms with Crippen molar-refractivity contribution in [1.29, 1.82) is 0 Å². The van der Waals surface area contributed by atoms with Crippen LogP contribution in [0.4, 0.5) is 0 Å². The lowest BCUT2D eigenvalue weighted by atomic mass is 10.0. The fourth-order valence-electron chi connectivity index (χ4n) is 2.36. The summed E-state index contributed by atoms with van der Waals surface area (Å²) in [7, 11) is -2.92. The molecule has 0 bridgehead atoms. The number of benzene rings is 1. The zero-order chi connectivity index (χ0) is 13.2. The third-order valence-corrected chi connectivity index (χ3v) is 7.28. The highest BCUT2D eigenvalue weighted by Gasteiger charge is 2.34. The Bertz CT molecular complexity index is 498. The molecule has 0 aliphatic carbocycles. The van der Waals surface area contributed by atoms with E-state index in [1.54, 1.807) is 0 Å². The highest BCUT2D eigenvalue weighted by atomic mass is 79.9. The van der Waals surface area contributed by atoms with Crippen molar-refractivity contribution in [2.45, 2.75) is 35.8 Å². The third-order valence-electron chi connectivity index (χ3n) is 3.38. The first kappa shape index (κ1) is 14.4. The second-order valence-electron chi connectivity index (χ2n) is 4.75. The Kier molecular flexibility index (Phi) is 4.73. The maximum absolute atomic E-state index is 12.0. The average Bonchev–Trinajstić information content (AvgIpc) is 2.31. The van der Waals surface area contributed by atoms with Crippen molar-refractivity contribution >= 4 is 37.4 Å². The Labute approximate surface area is 122 Å². The molecule has 5 heteroatoms. The lowest BCUT2D eigenvalue weighted by Gasteiger charge is -2.26. The van der Waals surface area contributed by atoms with Gasteiger partial charge in [0.15, 0.2) is 9.84 Å². The molecular weight excluding hydrogens is 336 g/mol. The molecule has 18 heavy (non-hydrogen) atoms. The second-order valence-corrected chi connectivity index (χ2v) is 8.70. The molecule has 1 aliphatic rings. The Morgan fingerprint density at radius 1 is 1.28 bits per heavy atom. The lowest BCUT2D eigenvalue weighted by Crippen LogP contribution is -2.36. The first-order valence-corrected chi connectivity index (χ1v) is 9.10. The molecule has 2 rings (SSSR count). The molecule has 0 saturated carbocycles. The minimum absolute atomic E-state index is 0.0102. The van der Waals surface area contributed by atoms with Gasteiger partial charge < -0.3 is 0 Å². The van der Waals surface area contributed by atoms with Crippen LogP contribution in [0.2, 0.25) is 5.02 Å². The van der Waals surface area contributed by atoms with Crippen LogP contribution in [0.25, 0.3) is 0 Å². The van der Waals surface area contributed by atoms with E-state index in [1.807, 2.05) is 24.3 Å². The minimum atomic E-state index is -2.92. The van der Waals surface area contributed by atoms with Gasteiger partial charge in [-0.2, -0.15) is 0 Å². The summed E-state index contributed by atoms with van der Waals surface area (Å²) in [6, 6.07) is 7.58. The Balaban J connectivity index is 2.07. The molecule has 1 aromatic rings. The van der Waals surface area contributed by atoms with Gasteiger partial charge in [0.05, 0.1) is 11.0 Å². The van der Waals surface area contributed by atoms with Crippen molar-refractivity contribution in [2.24, 2.45) is 0 Å². The van der Waals surface area contributed by atoms with Crippen molar-refractivity contribution in [2.75, 3.05) is 5.75 Å². The van der Waals surface area contributed by atoms with Crippen LogP contribution in [0.3, 0.4) is 0 Å². The third kappa shape index (κ3) is 3.49. The first-order chi connectivity index (χ1) is 8.49. The van der Waals surface area contributed by atoms with E-state index in [1.165, 1.54) is 0 Å². The number of alkyl halides is 1. The smallest absolute Gasteiger partial charge is 0.154 e. The molecule has 100 valence electrons. The van der Waals surface area contributed by atoms with Gasteiger partial charge in [-0.25, -0.2) is 8.42 Å². The topological polar surface area (TPSA) is 34.1 Å². The summed E-state index contributed by atoms with van der Waals surface area (Å²) in [5.41, 5.74) is 1.11. The van der Waals surface area contributed by atoms with Gasteiger partial charge in [-0.3, -0.25) is 0 Å². The molecule has 2 unspecified atom stereocenters. The van der Waals surface area contributed by atoms with E-state index < -0.39 is 9.84 Å². The van der Waals surface area contributed by atoms with Crippen molar-refractivity contribution in [3.8, 4) is 0 Å². The van der Waals surface area contributed by atoms with Gasteiger partial charge in [0.25, 0.3) is 0 Å². The van der Waals surface area contributed by atoms with Crippen molar-refractivity contribution in [3.05, 3.63) is 34.9 Å². The Morgan fingerprint density at radius 2 is 1.94 bits per heavy atom. The Morgan fingerprint density at radius 3 is 2.56 bits per heavy atom. The van der Waals surface area contributed by atoms with Crippen LogP contribution in [-0.2, 0) is 16.3 Å². The molecule has 2 atom stereocenters. The summed E-state index contributed by atoms with van der Waals surface area (Å²) in [5, 5.41) is 0.456. The molecule has 1 fully saturated rings. The van der Waals surface area contributed by atoms with Crippen LogP contribution < -0.4 is 0 Å². The molecule has 0 amide bonds. The number of halogens is 2. The molecule has 2 nitrogen and oxygen atoms in total. The molecule has 0 radical (unpaired) electrons. The van der Waals surface area contributed by atoms with Gasteiger partial charge in [0, 0.05) is 9.85 Å². The predicted molar refractivity (Wildman–Crippen MR) is 79.3 cm³/mol. The summed E-state index contributed by atoms with van der Waals surface area (Å²) >= 11 is 9.39. The highest BCUT2D eigenvalue weighted by molar-refractivity contribution is 9.09. The van der Waals surface area contributed by atoms with E-state index in [9.17, 15) is 8.42 Å². The maximum Gasteiger partial charge on any atom is 0.154 e. The summed E-state index contributed by atoms with van der Waals surface area (Å²) in [6.07, 6.45) is 3.30.